The van der Waals surface area contributed by atoms with E-state index in [0.717, 1.165) is 6.20 Å². The molecule has 1 aromatic rings. The molecule has 82 valence electrons. The fraction of sp³-hybridized carbons (Fsp3) is 0.250. The monoisotopic (exact) mass is 237 g/mol. The van der Waals surface area contributed by atoms with Crippen molar-refractivity contribution in [3.05, 3.63) is 22.5 Å². The average molecular weight is 238 g/mol. The summed E-state index contributed by atoms with van der Waals surface area (Å²) in [4.78, 5) is 14.0. The van der Waals surface area contributed by atoms with Crippen molar-refractivity contribution < 1.29 is 23.4 Å². The van der Waals surface area contributed by atoms with Crippen LogP contribution in [0.25, 0.3) is 0 Å². The van der Waals surface area contributed by atoms with E-state index in [1.807, 2.05) is 0 Å². The number of pyridine rings is 1. The van der Waals surface area contributed by atoms with Gasteiger partial charge in [0.15, 0.2) is 5.75 Å². The SMILES string of the molecule is COc1cnc(C(F)F)c(C(=O)O)c1Cl. The highest BCUT2D eigenvalue weighted by Gasteiger charge is 2.25. The molecule has 0 unspecified atom stereocenters. The van der Waals surface area contributed by atoms with Crippen LogP contribution in [0.15, 0.2) is 6.20 Å². The lowest BCUT2D eigenvalue weighted by Gasteiger charge is -2.09. The molecule has 0 aliphatic carbocycles. The van der Waals surface area contributed by atoms with Crippen LogP contribution in [0.1, 0.15) is 22.5 Å². The maximum Gasteiger partial charge on any atom is 0.339 e. The van der Waals surface area contributed by atoms with Gasteiger partial charge in [0.2, 0.25) is 0 Å². The summed E-state index contributed by atoms with van der Waals surface area (Å²) in [6.45, 7) is 0. The Labute approximate surface area is 88.4 Å². The second-order valence-electron chi connectivity index (χ2n) is 2.51. The van der Waals surface area contributed by atoms with E-state index in [9.17, 15) is 13.6 Å². The number of methoxy groups -OCH3 is 1. The highest BCUT2D eigenvalue weighted by molar-refractivity contribution is 6.35. The molecule has 1 aromatic heterocycles. The Balaban J connectivity index is 3.44. The molecule has 0 amide bonds. The lowest BCUT2D eigenvalue weighted by molar-refractivity contribution is 0.0682. The number of aromatic carboxylic acids is 1. The van der Waals surface area contributed by atoms with Gasteiger partial charge in [-0.15, -0.1) is 0 Å². The molecule has 0 saturated heterocycles. The Hall–Kier alpha value is -1.43. The van der Waals surface area contributed by atoms with Crippen molar-refractivity contribution in [3.8, 4) is 5.75 Å². The minimum absolute atomic E-state index is 0.0570. The van der Waals surface area contributed by atoms with E-state index in [4.69, 9.17) is 16.7 Å². The van der Waals surface area contributed by atoms with Crippen molar-refractivity contribution in [1.82, 2.24) is 4.98 Å². The number of halogens is 3. The Bertz CT molecular complexity index is 398. The van der Waals surface area contributed by atoms with Gasteiger partial charge in [-0.3, -0.25) is 4.98 Å². The van der Waals surface area contributed by atoms with Gasteiger partial charge >= 0.3 is 5.97 Å². The summed E-state index contributed by atoms with van der Waals surface area (Å²) in [5, 5.41) is 8.32. The molecule has 0 aliphatic heterocycles. The van der Waals surface area contributed by atoms with Crippen LogP contribution in [0.5, 0.6) is 5.75 Å². The van der Waals surface area contributed by atoms with Gasteiger partial charge in [-0.1, -0.05) is 11.6 Å². The molecule has 0 atom stereocenters. The molecular weight excluding hydrogens is 232 g/mol. The van der Waals surface area contributed by atoms with E-state index in [-0.39, 0.29) is 10.8 Å². The fourth-order valence-corrected chi connectivity index (χ4v) is 1.30. The van der Waals surface area contributed by atoms with Gasteiger partial charge in [0, 0.05) is 0 Å². The number of ether oxygens (including phenoxy) is 1. The summed E-state index contributed by atoms with van der Waals surface area (Å²) in [6, 6.07) is 0. The topological polar surface area (TPSA) is 59.4 Å². The minimum Gasteiger partial charge on any atom is -0.494 e. The molecule has 0 radical (unpaired) electrons. The van der Waals surface area contributed by atoms with Gasteiger partial charge in [0.1, 0.15) is 16.3 Å². The molecule has 0 bridgehead atoms. The molecule has 1 rings (SSSR count). The van der Waals surface area contributed by atoms with Gasteiger partial charge in [-0.2, -0.15) is 0 Å². The van der Waals surface area contributed by atoms with E-state index in [0.29, 0.717) is 0 Å². The third-order valence-corrected chi connectivity index (χ3v) is 2.03. The zero-order valence-electron chi connectivity index (χ0n) is 7.50. The van der Waals surface area contributed by atoms with E-state index >= 15 is 0 Å². The number of hydrogen-bond acceptors (Lipinski definition) is 3. The number of aromatic nitrogens is 1. The first-order valence-electron chi connectivity index (χ1n) is 3.72. The molecule has 1 heterocycles. The predicted molar refractivity (Wildman–Crippen MR) is 47.7 cm³/mol. The van der Waals surface area contributed by atoms with Crippen molar-refractivity contribution >= 4 is 17.6 Å². The van der Waals surface area contributed by atoms with E-state index in [2.05, 4.69) is 9.72 Å². The average Bonchev–Trinajstić information content (AvgIpc) is 2.16. The van der Waals surface area contributed by atoms with Crippen LogP contribution in [0, 0.1) is 0 Å². The highest BCUT2D eigenvalue weighted by atomic mass is 35.5. The second-order valence-corrected chi connectivity index (χ2v) is 2.88. The van der Waals surface area contributed by atoms with Gasteiger partial charge in [-0.25, -0.2) is 13.6 Å². The van der Waals surface area contributed by atoms with Crippen LogP contribution in [0.3, 0.4) is 0 Å². The third-order valence-electron chi connectivity index (χ3n) is 1.65. The van der Waals surface area contributed by atoms with E-state index < -0.39 is 23.7 Å². The Morgan fingerprint density at radius 3 is 2.67 bits per heavy atom. The van der Waals surface area contributed by atoms with Crippen LogP contribution in [-0.2, 0) is 0 Å². The van der Waals surface area contributed by atoms with Crippen LogP contribution < -0.4 is 4.74 Å². The number of rotatable bonds is 3. The zero-order valence-corrected chi connectivity index (χ0v) is 8.26. The number of carboxylic acids is 1. The Kier molecular flexibility index (Phi) is 3.41. The predicted octanol–water partition coefficient (Wildman–Crippen LogP) is 2.38. The molecule has 0 aliphatic rings. The van der Waals surface area contributed by atoms with Crippen LogP contribution in [-0.4, -0.2) is 23.2 Å². The van der Waals surface area contributed by atoms with Crippen LogP contribution in [0.2, 0.25) is 5.02 Å². The van der Waals surface area contributed by atoms with Gasteiger partial charge in [0.25, 0.3) is 6.43 Å². The molecule has 0 spiro atoms. The van der Waals surface area contributed by atoms with Crippen molar-refractivity contribution in [2.45, 2.75) is 6.43 Å². The maximum atomic E-state index is 12.4. The smallest absolute Gasteiger partial charge is 0.339 e. The Morgan fingerprint density at radius 1 is 1.67 bits per heavy atom. The number of carbonyl (C=O) groups is 1. The minimum atomic E-state index is -3.00. The highest BCUT2D eigenvalue weighted by Crippen LogP contribution is 2.32. The largest absolute Gasteiger partial charge is 0.494 e. The summed E-state index contributed by atoms with van der Waals surface area (Å²) in [5.41, 5.74) is -1.60. The zero-order chi connectivity index (χ0) is 11.6. The standard InChI is InChI=1S/C8H6ClF2NO3/c1-15-3-2-12-6(7(10)11)4(5(3)9)8(13)14/h2,7H,1H3,(H,13,14). The Morgan fingerprint density at radius 2 is 2.27 bits per heavy atom. The first-order valence-corrected chi connectivity index (χ1v) is 4.10. The first-order chi connectivity index (χ1) is 6.99. The van der Waals surface area contributed by atoms with E-state index in [1.54, 1.807) is 0 Å². The maximum absolute atomic E-state index is 12.4. The number of alkyl halides is 2. The molecule has 0 fully saturated rings. The summed E-state index contributed by atoms with van der Waals surface area (Å²) in [7, 11) is 1.23. The lowest BCUT2D eigenvalue weighted by atomic mass is 10.2. The summed E-state index contributed by atoms with van der Waals surface area (Å²) in [5.74, 6) is -1.62. The van der Waals surface area contributed by atoms with Gasteiger partial charge < -0.3 is 9.84 Å². The van der Waals surface area contributed by atoms with Crippen molar-refractivity contribution in [1.29, 1.82) is 0 Å². The molecule has 4 nitrogen and oxygen atoms in total. The number of carboxylic acid groups (broad SMARTS) is 1. The first kappa shape index (κ1) is 11.6. The van der Waals surface area contributed by atoms with Crippen molar-refractivity contribution in [3.63, 3.8) is 0 Å². The molecular formula is C8H6ClF2NO3. The van der Waals surface area contributed by atoms with E-state index in [1.165, 1.54) is 7.11 Å². The molecule has 7 heteroatoms. The molecule has 0 aromatic carbocycles. The van der Waals surface area contributed by atoms with Gasteiger partial charge in [0.05, 0.1) is 13.3 Å². The summed E-state index contributed by atoms with van der Waals surface area (Å²) >= 11 is 5.57. The van der Waals surface area contributed by atoms with Crippen LogP contribution in [0.4, 0.5) is 8.78 Å². The van der Waals surface area contributed by atoms with Crippen molar-refractivity contribution in [2.24, 2.45) is 0 Å². The number of hydrogen-bond donors (Lipinski definition) is 1. The quantitative estimate of drug-likeness (QED) is 0.877. The molecule has 1 N–H and O–H groups in total. The fourth-order valence-electron chi connectivity index (χ4n) is 0.996. The molecule has 15 heavy (non-hydrogen) atoms. The summed E-state index contributed by atoms with van der Waals surface area (Å²) in [6.07, 6.45) is -2.05. The molecule has 0 saturated carbocycles. The number of nitrogens with zero attached hydrogens (tertiary/aromatic N) is 1. The third kappa shape index (κ3) is 2.15. The summed E-state index contributed by atoms with van der Waals surface area (Å²) < 4.78 is 29.4. The van der Waals surface area contributed by atoms with Crippen molar-refractivity contribution in [2.75, 3.05) is 7.11 Å². The van der Waals surface area contributed by atoms with Gasteiger partial charge in [-0.05, 0) is 0 Å². The lowest BCUT2D eigenvalue weighted by Crippen LogP contribution is -2.07. The van der Waals surface area contributed by atoms with Crippen LogP contribution >= 0.6 is 11.6 Å². The second kappa shape index (κ2) is 4.39. The normalized spacial score (nSPS) is 10.5.